The van der Waals surface area contributed by atoms with Gasteiger partial charge >= 0.3 is 0 Å². The van der Waals surface area contributed by atoms with Crippen LogP contribution >= 0.6 is 0 Å². The minimum Gasteiger partial charge on any atom is -0.379 e. The maximum atomic E-state index is 5.74. The summed E-state index contributed by atoms with van der Waals surface area (Å²) in [6, 6.07) is 9.17. The Bertz CT molecular complexity index is 585. The number of aliphatic imine (C=N–C) groups is 1. The van der Waals surface area contributed by atoms with E-state index >= 15 is 0 Å². The molecule has 1 aromatic carbocycles. The third kappa shape index (κ3) is 4.88. The lowest BCUT2D eigenvalue weighted by molar-refractivity contribution is 0.115. The van der Waals surface area contributed by atoms with Gasteiger partial charge in [0, 0.05) is 52.1 Å². The van der Waals surface area contributed by atoms with Crippen LogP contribution in [0.15, 0.2) is 29.3 Å². The Morgan fingerprint density at radius 3 is 2.96 bits per heavy atom. The van der Waals surface area contributed by atoms with E-state index in [9.17, 15) is 0 Å². The number of ether oxygens (including phenoxy) is 1. The summed E-state index contributed by atoms with van der Waals surface area (Å²) in [5, 5.41) is 3.52. The summed E-state index contributed by atoms with van der Waals surface area (Å²) in [5.74, 6) is 1.77. The molecule has 1 aromatic rings. The maximum Gasteiger partial charge on any atom is 0.193 e. The van der Waals surface area contributed by atoms with Gasteiger partial charge in [-0.25, -0.2) is 0 Å². The summed E-state index contributed by atoms with van der Waals surface area (Å²) >= 11 is 0. The molecule has 138 valence electrons. The van der Waals surface area contributed by atoms with Gasteiger partial charge in [-0.15, -0.1) is 0 Å². The molecule has 1 fully saturated rings. The van der Waals surface area contributed by atoms with Gasteiger partial charge in [-0.2, -0.15) is 0 Å². The third-order valence-electron chi connectivity index (χ3n) is 5.21. The molecule has 0 saturated heterocycles. The standard InChI is InChI=1S/C20H32N4O/c1-16(24-11-10-18-6-4-5-7-19(18)24)14-22-20(21-2)23(3)12-13-25-15-17-8-9-17/h4-7,16-17H,8-15H2,1-3H3,(H,21,22). The molecule has 0 aromatic heterocycles. The zero-order valence-electron chi connectivity index (χ0n) is 15.9. The molecule has 1 aliphatic heterocycles. The molecule has 1 heterocycles. The summed E-state index contributed by atoms with van der Waals surface area (Å²) < 4.78 is 5.74. The quantitative estimate of drug-likeness (QED) is 0.446. The fourth-order valence-electron chi connectivity index (χ4n) is 3.40. The molecule has 1 unspecified atom stereocenters. The normalized spacial score (nSPS) is 18.2. The van der Waals surface area contributed by atoms with Crippen LogP contribution in [0.5, 0.6) is 0 Å². The van der Waals surface area contributed by atoms with E-state index in [0.717, 1.165) is 51.1 Å². The Balaban J connectivity index is 1.42. The highest BCUT2D eigenvalue weighted by Gasteiger charge is 2.23. The number of fused-ring (bicyclic) bond motifs is 1. The summed E-state index contributed by atoms with van der Waals surface area (Å²) in [6.07, 6.45) is 3.83. The summed E-state index contributed by atoms with van der Waals surface area (Å²) in [7, 11) is 3.92. The molecular weight excluding hydrogens is 312 g/mol. The first kappa shape index (κ1) is 18.1. The van der Waals surface area contributed by atoms with Crippen LogP contribution < -0.4 is 10.2 Å². The van der Waals surface area contributed by atoms with Gasteiger partial charge in [-0.05, 0) is 43.7 Å². The fraction of sp³-hybridized carbons (Fsp3) is 0.650. The molecule has 1 aliphatic carbocycles. The van der Waals surface area contributed by atoms with Crippen LogP contribution in [0.2, 0.25) is 0 Å². The first-order chi connectivity index (χ1) is 12.2. The Hall–Kier alpha value is -1.75. The van der Waals surface area contributed by atoms with E-state index in [2.05, 4.69) is 58.3 Å². The Kier molecular flexibility index (Phi) is 6.19. The fourth-order valence-corrected chi connectivity index (χ4v) is 3.40. The van der Waals surface area contributed by atoms with Crippen LogP contribution in [0.4, 0.5) is 5.69 Å². The highest BCUT2D eigenvalue weighted by Crippen LogP contribution is 2.29. The molecule has 3 rings (SSSR count). The number of nitrogens with zero attached hydrogens (tertiary/aromatic N) is 3. The van der Waals surface area contributed by atoms with Crippen molar-refractivity contribution in [3.05, 3.63) is 29.8 Å². The van der Waals surface area contributed by atoms with Crippen LogP contribution in [-0.4, -0.2) is 63.8 Å². The number of guanidine groups is 1. The van der Waals surface area contributed by atoms with Gasteiger partial charge in [-0.3, -0.25) is 4.99 Å². The first-order valence-corrected chi connectivity index (χ1v) is 9.53. The predicted octanol–water partition coefficient (Wildman–Crippen LogP) is 2.37. The highest BCUT2D eigenvalue weighted by atomic mass is 16.5. The van der Waals surface area contributed by atoms with E-state index in [1.165, 1.54) is 24.1 Å². The number of anilines is 1. The third-order valence-corrected chi connectivity index (χ3v) is 5.21. The van der Waals surface area contributed by atoms with Crippen molar-refractivity contribution in [3.63, 3.8) is 0 Å². The molecule has 0 bridgehead atoms. The van der Waals surface area contributed by atoms with Gasteiger partial charge in [0.25, 0.3) is 0 Å². The Morgan fingerprint density at radius 2 is 2.20 bits per heavy atom. The zero-order valence-corrected chi connectivity index (χ0v) is 15.9. The zero-order chi connectivity index (χ0) is 17.6. The van der Waals surface area contributed by atoms with E-state index in [4.69, 9.17) is 4.74 Å². The Morgan fingerprint density at radius 1 is 1.40 bits per heavy atom. The first-order valence-electron chi connectivity index (χ1n) is 9.53. The van der Waals surface area contributed by atoms with Gasteiger partial charge in [0.1, 0.15) is 0 Å². The van der Waals surface area contributed by atoms with Gasteiger partial charge in [-0.1, -0.05) is 18.2 Å². The van der Waals surface area contributed by atoms with Crippen molar-refractivity contribution in [1.82, 2.24) is 10.2 Å². The number of para-hydroxylation sites is 1. The van der Waals surface area contributed by atoms with Crippen molar-refractivity contribution < 1.29 is 4.74 Å². The SMILES string of the molecule is CN=C(NCC(C)N1CCc2ccccc21)N(C)CCOCC1CC1. The van der Waals surface area contributed by atoms with E-state index < -0.39 is 0 Å². The molecular formula is C20H32N4O. The molecule has 0 spiro atoms. The van der Waals surface area contributed by atoms with Crippen molar-refractivity contribution in [3.8, 4) is 0 Å². The molecule has 1 atom stereocenters. The molecule has 5 heteroatoms. The highest BCUT2D eigenvalue weighted by molar-refractivity contribution is 5.79. The largest absolute Gasteiger partial charge is 0.379 e. The number of likely N-dealkylation sites (N-methyl/N-ethyl adjacent to an activating group) is 1. The van der Waals surface area contributed by atoms with Crippen LogP contribution in [-0.2, 0) is 11.2 Å². The van der Waals surface area contributed by atoms with Crippen LogP contribution in [0.1, 0.15) is 25.3 Å². The summed E-state index contributed by atoms with van der Waals surface area (Å²) in [4.78, 5) is 9.06. The second-order valence-corrected chi connectivity index (χ2v) is 7.29. The van der Waals surface area contributed by atoms with Gasteiger partial charge < -0.3 is 19.9 Å². The number of benzene rings is 1. The number of hydrogen-bond acceptors (Lipinski definition) is 3. The monoisotopic (exact) mass is 344 g/mol. The van der Waals surface area contributed by atoms with E-state index in [0.29, 0.717) is 6.04 Å². The average Bonchev–Trinajstić information content (AvgIpc) is 3.35. The molecule has 25 heavy (non-hydrogen) atoms. The maximum absolute atomic E-state index is 5.74. The topological polar surface area (TPSA) is 40.1 Å². The smallest absolute Gasteiger partial charge is 0.193 e. The second-order valence-electron chi connectivity index (χ2n) is 7.29. The Labute approximate surface area is 152 Å². The van der Waals surface area contributed by atoms with Crippen molar-refractivity contribution in [1.29, 1.82) is 0 Å². The molecule has 1 N–H and O–H groups in total. The molecule has 1 saturated carbocycles. The molecule has 2 aliphatic rings. The second kappa shape index (κ2) is 8.56. The van der Waals surface area contributed by atoms with Gasteiger partial charge in [0.05, 0.1) is 6.61 Å². The lowest BCUT2D eigenvalue weighted by Gasteiger charge is -2.29. The van der Waals surface area contributed by atoms with Crippen molar-refractivity contribution in [2.75, 3.05) is 51.8 Å². The molecule has 0 amide bonds. The van der Waals surface area contributed by atoms with E-state index in [1.54, 1.807) is 0 Å². The van der Waals surface area contributed by atoms with E-state index in [1.807, 2.05) is 7.05 Å². The summed E-state index contributed by atoms with van der Waals surface area (Å²) in [6.45, 7) is 6.82. The minimum atomic E-state index is 0.430. The van der Waals surface area contributed by atoms with Gasteiger partial charge in [0.2, 0.25) is 0 Å². The van der Waals surface area contributed by atoms with Crippen LogP contribution in [0.3, 0.4) is 0 Å². The van der Waals surface area contributed by atoms with E-state index in [-0.39, 0.29) is 0 Å². The van der Waals surface area contributed by atoms with Crippen molar-refractivity contribution >= 4 is 11.6 Å². The summed E-state index contributed by atoms with van der Waals surface area (Å²) in [5.41, 5.74) is 2.84. The molecule has 0 radical (unpaired) electrons. The van der Waals surface area contributed by atoms with Crippen LogP contribution in [0.25, 0.3) is 0 Å². The lowest BCUT2D eigenvalue weighted by atomic mass is 10.2. The minimum absolute atomic E-state index is 0.430. The predicted molar refractivity (Wildman–Crippen MR) is 104 cm³/mol. The number of hydrogen-bond donors (Lipinski definition) is 1. The molecule has 5 nitrogen and oxygen atoms in total. The van der Waals surface area contributed by atoms with Crippen LogP contribution in [0, 0.1) is 5.92 Å². The average molecular weight is 345 g/mol. The number of rotatable bonds is 8. The lowest BCUT2D eigenvalue weighted by Crippen LogP contribution is -2.47. The van der Waals surface area contributed by atoms with Crippen molar-refractivity contribution in [2.45, 2.75) is 32.2 Å². The number of nitrogens with one attached hydrogen (secondary N) is 1. The van der Waals surface area contributed by atoms with Crippen molar-refractivity contribution in [2.24, 2.45) is 10.9 Å². The van der Waals surface area contributed by atoms with Gasteiger partial charge in [0.15, 0.2) is 5.96 Å².